The van der Waals surface area contributed by atoms with Gasteiger partial charge in [-0.15, -0.1) is 0 Å². The molecule has 1 N–H and O–H groups in total. The molecule has 3 heteroatoms. The highest BCUT2D eigenvalue weighted by molar-refractivity contribution is 4.74. The summed E-state index contributed by atoms with van der Waals surface area (Å²) in [5.74, 6) is 0. The van der Waals surface area contributed by atoms with Crippen LogP contribution in [0.2, 0.25) is 0 Å². The molecule has 0 aromatic carbocycles. The van der Waals surface area contributed by atoms with Crippen molar-refractivity contribution in [1.82, 2.24) is 10.2 Å². The molecule has 0 radical (unpaired) electrons. The quantitative estimate of drug-likeness (QED) is 0.565. The molecular weight excluding hydrogens is 212 g/mol. The monoisotopic (exact) mass is 244 g/mol. The summed E-state index contributed by atoms with van der Waals surface area (Å²) in [6.07, 6.45) is 3.92. The SMILES string of the molecule is CCCCCNCC(C)N(CC)C(C)COC. The molecule has 0 aliphatic heterocycles. The molecule has 0 heterocycles. The zero-order valence-corrected chi connectivity index (χ0v) is 12.5. The number of hydrogen-bond donors (Lipinski definition) is 1. The van der Waals surface area contributed by atoms with Crippen LogP contribution in [0.15, 0.2) is 0 Å². The number of methoxy groups -OCH3 is 1. The molecule has 0 aliphatic rings. The molecule has 0 aromatic rings. The number of hydrogen-bond acceptors (Lipinski definition) is 3. The van der Waals surface area contributed by atoms with Crippen molar-refractivity contribution >= 4 is 0 Å². The van der Waals surface area contributed by atoms with E-state index in [2.05, 4.69) is 37.9 Å². The molecule has 3 nitrogen and oxygen atoms in total. The molecule has 104 valence electrons. The van der Waals surface area contributed by atoms with Crippen LogP contribution >= 0.6 is 0 Å². The second-order valence-corrected chi connectivity index (χ2v) is 4.90. The lowest BCUT2D eigenvalue weighted by Gasteiger charge is -2.33. The summed E-state index contributed by atoms with van der Waals surface area (Å²) in [6, 6.07) is 1.07. The largest absolute Gasteiger partial charge is 0.383 e. The van der Waals surface area contributed by atoms with Gasteiger partial charge in [-0.2, -0.15) is 0 Å². The lowest BCUT2D eigenvalue weighted by molar-refractivity contribution is 0.0781. The zero-order valence-electron chi connectivity index (χ0n) is 12.5. The van der Waals surface area contributed by atoms with Gasteiger partial charge in [-0.25, -0.2) is 0 Å². The van der Waals surface area contributed by atoms with Gasteiger partial charge in [-0.05, 0) is 33.4 Å². The first-order valence-electron chi connectivity index (χ1n) is 7.12. The molecule has 0 aromatic heterocycles. The molecule has 0 saturated heterocycles. The minimum absolute atomic E-state index is 0.498. The Labute approximate surface area is 108 Å². The van der Waals surface area contributed by atoms with Gasteiger partial charge >= 0.3 is 0 Å². The van der Waals surface area contributed by atoms with Crippen LogP contribution in [0, 0.1) is 0 Å². The zero-order chi connectivity index (χ0) is 13.1. The summed E-state index contributed by atoms with van der Waals surface area (Å²) in [5.41, 5.74) is 0. The van der Waals surface area contributed by atoms with E-state index >= 15 is 0 Å². The van der Waals surface area contributed by atoms with Crippen LogP contribution in [0.5, 0.6) is 0 Å². The van der Waals surface area contributed by atoms with Crippen molar-refractivity contribution < 1.29 is 4.74 Å². The maximum absolute atomic E-state index is 5.23. The Balaban J connectivity index is 3.79. The van der Waals surface area contributed by atoms with Gasteiger partial charge in [0, 0.05) is 25.7 Å². The van der Waals surface area contributed by atoms with Crippen molar-refractivity contribution in [3.63, 3.8) is 0 Å². The van der Waals surface area contributed by atoms with E-state index in [-0.39, 0.29) is 0 Å². The Hall–Kier alpha value is -0.120. The van der Waals surface area contributed by atoms with Crippen molar-refractivity contribution in [3.8, 4) is 0 Å². The standard InChI is InChI=1S/C14H32N2O/c1-6-8-9-10-15-11-13(3)16(7-2)14(4)12-17-5/h13-15H,6-12H2,1-5H3. The van der Waals surface area contributed by atoms with E-state index in [9.17, 15) is 0 Å². The van der Waals surface area contributed by atoms with E-state index in [0.717, 1.165) is 26.2 Å². The molecule has 0 rings (SSSR count). The summed E-state index contributed by atoms with van der Waals surface area (Å²) in [7, 11) is 1.78. The van der Waals surface area contributed by atoms with Crippen LogP contribution in [0.4, 0.5) is 0 Å². The van der Waals surface area contributed by atoms with E-state index in [4.69, 9.17) is 4.74 Å². The Morgan fingerprint density at radius 1 is 1.12 bits per heavy atom. The van der Waals surface area contributed by atoms with Gasteiger partial charge in [0.05, 0.1) is 6.61 Å². The summed E-state index contributed by atoms with van der Waals surface area (Å²) in [4.78, 5) is 2.50. The van der Waals surface area contributed by atoms with E-state index in [1.165, 1.54) is 19.3 Å². The third-order valence-corrected chi connectivity index (χ3v) is 3.30. The van der Waals surface area contributed by atoms with Crippen LogP contribution < -0.4 is 5.32 Å². The fourth-order valence-electron chi connectivity index (χ4n) is 2.32. The molecule has 0 fully saturated rings. The lowest BCUT2D eigenvalue weighted by atomic mass is 10.2. The first kappa shape index (κ1) is 16.9. The van der Waals surface area contributed by atoms with Gasteiger partial charge in [0.15, 0.2) is 0 Å². The molecule has 2 unspecified atom stereocenters. The van der Waals surface area contributed by atoms with Gasteiger partial charge < -0.3 is 10.1 Å². The summed E-state index contributed by atoms with van der Waals surface area (Å²) in [5, 5.41) is 3.55. The van der Waals surface area contributed by atoms with Gasteiger partial charge in [0.2, 0.25) is 0 Å². The predicted octanol–water partition coefficient (Wildman–Crippen LogP) is 2.51. The average Bonchev–Trinajstić information content (AvgIpc) is 2.30. The number of ether oxygens (including phenoxy) is 1. The van der Waals surface area contributed by atoms with Gasteiger partial charge in [-0.3, -0.25) is 4.90 Å². The van der Waals surface area contributed by atoms with E-state index in [1.807, 2.05) is 0 Å². The second-order valence-electron chi connectivity index (χ2n) is 4.90. The third kappa shape index (κ3) is 7.74. The fraction of sp³-hybridized carbons (Fsp3) is 1.00. The van der Waals surface area contributed by atoms with Crippen LogP contribution in [0.1, 0.15) is 47.0 Å². The van der Waals surface area contributed by atoms with Crippen LogP contribution in [0.25, 0.3) is 0 Å². The van der Waals surface area contributed by atoms with Crippen molar-refractivity contribution in [2.24, 2.45) is 0 Å². The first-order chi connectivity index (χ1) is 8.17. The van der Waals surface area contributed by atoms with Crippen LogP contribution in [-0.4, -0.2) is 50.3 Å². The predicted molar refractivity (Wildman–Crippen MR) is 75.6 cm³/mol. The number of nitrogens with zero attached hydrogens (tertiary/aromatic N) is 1. The Bertz CT molecular complexity index is 164. The minimum atomic E-state index is 0.498. The maximum Gasteiger partial charge on any atom is 0.0615 e. The fourth-order valence-corrected chi connectivity index (χ4v) is 2.32. The minimum Gasteiger partial charge on any atom is -0.383 e. The lowest BCUT2D eigenvalue weighted by Crippen LogP contribution is -2.46. The third-order valence-electron chi connectivity index (χ3n) is 3.30. The van der Waals surface area contributed by atoms with Gasteiger partial charge in [-0.1, -0.05) is 26.7 Å². The van der Waals surface area contributed by atoms with Crippen LogP contribution in [0.3, 0.4) is 0 Å². The summed E-state index contributed by atoms with van der Waals surface area (Å²) >= 11 is 0. The molecule has 2 atom stereocenters. The number of likely N-dealkylation sites (N-methyl/N-ethyl adjacent to an activating group) is 1. The van der Waals surface area contributed by atoms with Crippen molar-refractivity contribution in [2.45, 2.75) is 59.0 Å². The Morgan fingerprint density at radius 2 is 1.82 bits per heavy atom. The van der Waals surface area contributed by atoms with Crippen molar-refractivity contribution in [1.29, 1.82) is 0 Å². The maximum atomic E-state index is 5.23. The number of nitrogens with one attached hydrogen (secondary N) is 1. The Morgan fingerprint density at radius 3 is 2.35 bits per heavy atom. The van der Waals surface area contributed by atoms with Gasteiger partial charge in [0.1, 0.15) is 0 Å². The van der Waals surface area contributed by atoms with E-state index in [0.29, 0.717) is 12.1 Å². The number of unbranched alkanes of at least 4 members (excludes halogenated alkanes) is 2. The van der Waals surface area contributed by atoms with Crippen molar-refractivity contribution in [3.05, 3.63) is 0 Å². The Kier molecular flexibility index (Phi) is 10.9. The first-order valence-corrected chi connectivity index (χ1v) is 7.12. The highest BCUT2D eigenvalue weighted by Gasteiger charge is 2.17. The normalized spacial score (nSPS) is 15.2. The molecule has 0 aliphatic carbocycles. The van der Waals surface area contributed by atoms with E-state index in [1.54, 1.807) is 7.11 Å². The molecule has 0 spiro atoms. The molecular formula is C14H32N2O. The highest BCUT2D eigenvalue weighted by Crippen LogP contribution is 2.05. The highest BCUT2D eigenvalue weighted by atomic mass is 16.5. The average molecular weight is 244 g/mol. The smallest absolute Gasteiger partial charge is 0.0615 e. The second kappa shape index (κ2) is 11.0. The molecule has 0 bridgehead atoms. The molecule has 0 amide bonds. The van der Waals surface area contributed by atoms with E-state index < -0.39 is 0 Å². The summed E-state index contributed by atoms with van der Waals surface area (Å²) in [6.45, 7) is 13.1. The van der Waals surface area contributed by atoms with Crippen molar-refractivity contribution in [2.75, 3.05) is 33.4 Å². The van der Waals surface area contributed by atoms with Gasteiger partial charge in [0.25, 0.3) is 0 Å². The van der Waals surface area contributed by atoms with Crippen LogP contribution in [-0.2, 0) is 4.74 Å². The number of rotatable bonds is 11. The summed E-state index contributed by atoms with van der Waals surface area (Å²) < 4.78 is 5.23. The topological polar surface area (TPSA) is 24.5 Å². The molecule has 17 heavy (non-hydrogen) atoms. The molecule has 0 saturated carbocycles.